The molecule has 0 saturated heterocycles. The smallest absolute Gasteiger partial charge is 0.236 e. The van der Waals surface area contributed by atoms with Crippen molar-refractivity contribution in [2.75, 3.05) is 5.32 Å². The molecule has 1 heterocycles. The summed E-state index contributed by atoms with van der Waals surface area (Å²) in [4.78, 5) is 21.8. The number of hydrogen-bond acceptors (Lipinski definition) is 3. The van der Waals surface area contributed by atoms with Gasteiger partial charge in [-0.1, -0.05) is 18.2 Å². The molecule has 1 unspecified atom stereocenters. The Morgan fingerprint density at radius 3 is 2.94 bits per heavy atom. The van der Waals surface area contributed by atoms with E-state index in [4.69, 9.17) is 0 Å². The highest BCUT2D eigenvalue weighted by atomic mass is 16.1. The van der Waals surface area contributed by atoms with Crippen molar-refractivity contribution in [3.05, 3.63) is 41.5 Å². The van der Waals surface area contributed by atoms with Crippen LogP contribution in [-0.4, -0.2) is 18.1 Å². The van der Waals surface area contributed by atoms with E-state index in [1.54, 1.807) is 12.4 Å². The van der Waals surface area contributed by atoms with Crippen molar-refractivity contribution in [1.29, 1.82) is 0 Å². The monoisotopic (exact) mass is 228 g/mol. The Morgan fingerprint density at radius 2 is 2.24 bits per heavy atom. The Labute approximate surface area is 101 Å². The number of ketones is 1. The summed E-state index contributed by atoms with van der Waals surface area (Å²) < 4.78 is 0. The van der Waals surface area contributed by atoms with Gasteiger partial charge in [-0.25, -0.2) is 0 Å². The van der Waals surface area contributed by atoms with Crippen LogP contribution in [0.25, 0.3) is 0 Å². The second-order valence-corrected chi connectivity index (χ2v) is 4.19. The van der Waals surface area contributed by atoms with Crippen molar-refractivity contribution in [2.24, 2.45) is 0 Å². The van der Waals surface area contributed by atoms with Crippen LogP contribution in [0.4, 0.5) is 5.69 Å². The highest BCUT2D eigenvalue weighted by molar-refractivity contribution is 6.10. The van der Waals surface area contributed by atoms with Crippen LogP contribution in [0.3, 0.4) is 0 Å². The molecule has 0 fully saturated rings. The molecule has 0 spiro atoms. The first-order chi connectivity index (χ1) is 8.20. The molecule has 1 aliphatic heterocycles. The standard InChI is InChI=1S/C14H14NO2/c1-10(17)12(9-16)8-13-7-6-11-4-2-3-5-14(11)15-13/h2-5,8,13,15H,6-7H2,1H3. The van der Waals surface area contributed by atoms with Crippen molar-refractivity contribution in [3.8, 4) is 0 Å². The number of carbonyl (C=O) groups is 1. The number of Topliss-reactive ketones (excluding diaryl/α,β-unsaturated/α-hetero) is 1. The lowest BCUT2D eigenvalue weighted by Crippen LogP contribution is -2.24. The molecule has 2 rings (SSSR count). The summed E-state index contributed by atoms with van der Waals surface area (Å²) in [6.07, 6.45) is 5.20. The number of carbonyl (C=O) groups excluding carboxylic acids is 2. The summed E-state index contributed by atoms with van der Waals surface area (Å²) in [6, 6.07) is 8.10. The minimum Gasteiger partial charge on any atom is -0.379 e. The Bertz CT molecular complexity index is 477. The SMILES string of the molecule is CC(=O)C([C]=O)=CC1CCc2ccccc2N1. The molecular formula is C14H14NO2. The zero-order valence-corrected chi connectivity index (χ0v) is 9.69. The van der Waals surface area contributed by atoms with E-state index in [-0.39, 0.29) is 17.4 Å². The minimum atomic E-state index is -0.236. The topological polar surface area (TPSA) is 46.2 Å². The van der Waals surface area contributed by atoms with Gasteiger partial charge in [0.2, 0.25) is 6.29 Å². The predicted molar refractivity (Wildman–Crippen MR) is 66.6 cm³/mol. The second-order valence-electron chi connectivity index (χ2n) is 4.19. The van der Waals surface area contributed by atoms with Gasteiger partial charge < -0.3 is 5.32 Å². The van der Waals surface area contributed by atoms with E-state index >= 15 is 0 Å². The number of benzene rings is 1. The van der Waals surface area contributed by atoms with Crippen molar-refractivity contribution in [3.63, 3.8) is 0 Å². The van der Waals surface area contributed by atoms with Gasteiger partial charge in [0.15, 0.2) is 5.78 Å². The van der Waals surface area contributed by atoms with E-state index < -0.39 is 0 Å². The normalized spacial score (nSPS) is 19.1. The molecular weight excluding hydrogens is 214 g/mol. The Kier molecular flexibility index (Phi) is 3.38. The van der Waals surface area contributed by atoms with Crippen LogP contribution in [0.1, 0.15) is 18.9 Å². The van der Waals surface area contributed by atoms with Gasteiger partial charge in [0.05, 0.1) is 5.57 Å². The molecule has 1 aromatic rings. The molecule has 1 radical (unpaired) electrons. The number of para-hydroxylation sites is 1. The minimum absolute atomic E-state index is 0.0326. The quantitative estimate of drug-likeness (QED) is 0.489. The van der Waals surface area contributed by atoms with Crippen LogP contribution < -0.4 is 5.32 Å². The number of nitrogens with one attached hydrogen (secondary N) is 1. The number of fused-ring (bicyclic) bond motifs is 1. The van der Waals surface area contributed by atoms with Crippen molar-refractivity contribution in [2.45, 2.75) is 25.8 Å². The molecule has 3 heteroatoms. The van der Waals surface area contributed by atoms with Gasteiger partial charge in [-0.15, -0.1) is 0 Å². The van der Waals surface area contributed by atoms with E-state index in [0.29, 0.717) is 0 Å². The maximum atomic E-state index is 11.1. The van der Waals surface area contributed by atoms with E-state index in [0.717, 1.165) is 18.5 Å². The third kappa shape index (κ3) is 2.61. The van der Waals surface area contributed by atoms with Gasteiger partial charge >= 0.3 is 0 Å². The lowest BCUT2D eigenvalue weighted by atomic mass is 9.96. The molecule has 1 aliphatic rings. The van der Waals surface area contributed by atoms with Gasteiger partial charge in [-0.05, 0) is 37.5 Å². The summed E-state index contributed by atoms with van der Waals surface area (Å²) in [6.45, 7) is 1.38. The van der Waals surface area contributed by atoms with E-state index in [1.165, 1.54) is 12.5 Å². The fourth-order valence-corrected chi connectivity index (χ4v) is 2.01. The third-order valence-corrected chi connectivity index (χ3v) is 2.94. The van der Waals surface area contributed by atoms with Gasteiger partial charge in [-0.2, -0.15) is 0 Å². The summed E-state index contributed by atoms with van der Waals surface area (Å²) in [5.41, 5.74) is 2.48. The average molecular weight is 228 g/mol. The number of rotatable bonds is 3. The number of allylic oxidation sites excluding steroid dienone is 1. The van der Waals surface area contributed by atoms with Crippen LogP contribution in [0.5, 0.6) is 0 Å². The van der Waals surface area contributed by atoms with Gasteiger partial charge in [0, 0.05) is 11.7 Å². The van der Waals surface area contributed by atoms with Crippen LogP contribution in [0, 0.1) is 0 Å². The highest BCUT2D eigenvalue weighted by Crippen LogP contribution is 2.25. The Hall–Kier alpha value is -1.90. The van der Waals surface area contributed by atoms with Crippen LogP contribution in [0.2, 0.25) is 0 Å². The van der Waals surface area contributed by atoms with E-state index in [9.17, 15) is 9.59 Å². The van der Waals surface area contributed by atoms with Gasteiger partial charge in [0.1, 0.15) is 0 Å². The van der Waals surface area contributed by atoms with Crippen molar-refractivity contribution >= 4 is 17.8 Å². The number of aryl methyl sites for hydroxylation is 1. The maximum Gasteiger partial charge on any atom is 0.236 e. The van der Waals surface area contributed by atoms with Crippen LogP contribution in [-0.2, 0) is 16.0 Å². The molecule has 1 aromatic carbocycles. The molecule has 1 atom stereocenters. The van der Waals surface area contributed by atoms with Crippen molar-refractivity contribution in [1.82, 2.24) is 0 Å². The van der Waals surface area contributed by atoms with Gasteiger partial charge in [-0.3, -0.25) is 9.59 Å². The first-order valence-corrected chi connectivity index (χ1v) is 5.66. The third-order valence-electron chi connectivity index (χ3n) is 2.94. The molecule has 0 aliphatic carbocycles. The first kappa shape index (κ1) is 11.6. The highest BCUT2D eigenvalue weighted by Gasteiger charge is 2.16. The molecule has 0 saturated carbocycles. The molecule has 3 nitrogen and oxygen atoms in total. The largest absolute Gasteiger partial charge is 0.379 e. The molecule has 1 N–H and O–H groups in total. The Morgan fingerprint density at radius 1 is 1.47 bits per heavy atom. The van der Waals surface area contributed by atoms with Crippen LogP contribution >= 0.6 is 0 Å². The molecule has 0 amide bonds. The van der Waals surface area contributed by atoms with Gasteiger partial charge in [0.25, 0.3) is 0 Å². The fourth-order valence-electron chi connectivity index (χ4n) is 2.01. The second kappa shape index (κ2) is 4.95. The Balaban J connectivity index is 2.18. The maximum absolute atomic E-state index is 11.1. The fraction of sp³-hybridized carbons (Fsp3) is 0.286. The van der Waals surface area contributed by atoms with Crippen molar-refractivity contribution < 1.29 is 9.59 Å². The molecule has 87 valence electrons. The number of anilines is 1. The number of hydrogen-bond donors (Lipinski definition) is 1. The first-order valence-electron chi connectivity index (χ1n) is 5.66. The summed E-state index contributed by atoms with van der Waals surface area (Å²) in [5.74, 6) is -0.236. The predicted octanol–water partition coefficient (Wildman–Crippen LogP) is 2.04. The molecule has 17 heavy (non-hydrogen) atoms. The van der Waals surface area contributed by atoms with Crippen LogP contribution in [0.15, 0.2) is 35.9 Å². The summed E-state index contributed by atoms with van der Waals surface area (Å²) >= 11 is 0. The van der Waals surface area contributed by atoms with E-state index in [2.05, 4.69) is 11.4 Å². The lowest BCUT2D eigenvalue weighted by Gasteiger charge is -2.24. The zero-order chi connectivity index (χ0) is 12.3. The lowest BCUT2D eigenvalue weighted by molar-refractivity contribution is -0.113. The zero-order valence-electron chi connectivity index (χ0n) is 9.69. The summed E-state index contributed by atoms with van der Waals surface area (Å²) in [5, 5.41) is 3.31. The average Bonchev–Trinajstić information content (AvgIpc) is 2.35. The molecule has 0 aromatic heterocycles. The van der Waals surface area contributed by atoms with E-state index in [1.807, 2.05) is 18.2 Å². The summed E-state index contributed by atoms with van der Waals surface area (Å²) in [7, 11) is 0. The molecule has 0 bridgehead atoms.